The number of aromatic nitrogens is 2. The van der Waals surface area contributed by atoms with Crippen LogP contribution >= 0.6 is 0 Å². The van der Waals surface area contributed by atoms with E-state index in [1.54, 1.807) is 12.1 Å². The van der Waals surface area contributed by atoms with Crippen molar-refractivity contribution in [2.75, 3.05) is 0 Å². The van der Waals surface area contributed by atoms with Gasteiger partial charge < -0.3 is 4.57 Å². The molecular formula is C15H12N4O. The number of nitriles is 2. The van der Waals surface area contributed by atoms with Crippen LogP contribution in [0.15, 0.2) is 30.6 Å². The Morgan fingerprint density at radius 1 is 1.25 bits per heavy atom. The molecule has 20 heavy (non-hydrogen) atoms. The molecule has 2 aromatic rings. The molecule has 0 aliphatic heterocycles. The number of hydrogen-bond donors (Lipinski definition) is 0. The number of rotatable bonds is 4. The molecule has 5 heteroatoms. The molecule has 0 radical (unpaired) electrons. The highest BCUT2D eigenvalue weighted by Crippen LogP contribution is 2.10. The summed E-state index contributed by atoms with van der Waals surface area (Å²) in [7, 11) is 0. The van der Waals surface area contributed by atoms with E-state index in [0.29, 0.717) is 5.56 Å². The summed E-state index contributed by atoms with van der Waals surface area (Å²) in [6.07, 6.45) is 2.26. The molecule has 98 valence electrons. The summed E-state index contributed by atoms with van der Waals surface area (Å²) in [5, 5.41) is 17.8. The second-order valence-corrected chi connectivity index (χ2v) is 4.27. The Labute approximate surface area is 116 Å². The van der Waals surface area contributed by atoms with Crippen molar-refractivity contribution >= 4 is 5.78 Å². The van der Waals surface area contributed by atoms with Crippen molar-refractivity contribution in [1.29, 1.82) is 10.5 Å². The second kappa shape index (κ2) is 5.81. The van der Waals surface area contributed by atoms with E-state index in [2.05, 4.69) is 4.98 Å². The Morgan fingerprint density at radius 2 is 1.95 bits per heavy atom. The van der Waals surface area contributed by atoms with Gasteiger partial charge in [-0.2, -0.15) is 10.5 Å². The van der Waals surface area contributed by atoms with Gasteiger partial charge in [0.25, 0.3) is 0 Å². The summed E-state index contributed by atoms with van der Waals surface area (Å²) >= 11 is 0. The van der Waals surface area contributed by atoms with Crippen molar-refractivity contribution in [3.8, 4) is 12.1 Å². The monoisotopic (exact) mass is 264 g/mol. The van der Waals surface area contributed by atoms with Crippen molar-refractivity contribution < 1.29 is 4.79 Å². The minimum Gasteiger partial charge on any atom is -0.313 e. The molecule has 1 heterocycles. The molecule has 0 spiro atoms. The number of ketones is 1. The predicted molar refractivity (Wildman–Crippen MR) is 71.8 cm³/mol. The molecule has 0 fully saturated rings. The van der Waals surface area contributed by atoms with Crippen LogP contribution < -0.4 is 0 Å². The summed E-state index contributed by atoms with van der Waals surface area (Å²) in [4.78, 5) is 15.9. The lowest BCUT2D eigenvalue weighted by Crippen LogP contribution is -2.11. The van der Waals surface area contributed by atoms with Crippen LogP contribution in [-0.4, -0.2) is 15.3 Å². The van der Waals surface area contributed by atoms with Crippen LogP contribution in [0.25, 0.3) is 0 Å². The molecule has 0 unspecified atom stereocenters. The van der Waals surface area contributed by atoms with Gasteiger partial charge in [0.2, 0.25) is 0 Å². The Hall–Kier alpha value is -2.92. The molecule has 0 N–H and O–H groups in total. The van der Waals surface area contributed by atoms with E-state index in [-0.39, 0.29) is 23.7 Å². The van der Waals surface area contributed by atoms with E-state index in [4.69, 9.17) is 10.5 Å². The maximum absolute atomic E-state index is 12.1. The SMILES string of the molecule is CCc1ccc(C(=O)Cn2cnc(C#N)c2C#N)cc1. The van der Waals surface area contributed by atoms with Gasteiger partial charge in [-0.25, -0.2) is 4.98 Å². The fourth-order valence-electron chi connectivity index (χ4n) is 1.87. The van der Waals surface area contributed by atoms with Gasteiger partial charge in [-0.05, 0) is 12.0 Å². The molecule has 1 aromatic heterocycles. The summed E-state index contributed by atoms with van der Waals surface area (Å²) < 4.78 is 1.40. The maximum Gasteiger partial charge on any atom is 0.182 e. The number of hydrogen-bond acceptors (Lipinski definition) is 4. The third-order valence-electron chi connectivity index (χ3n) is 3.05. The second-order valence-electron chi connectivity index (χ2n) is 4.27. The Balaban J connectivity index is 2.22. The van der Waals surface area contributed by atoms with Crippen LogP contribution in [0.1, 0.15) is 34.2 Å². The Bertz CT molecular complexity index is 714. The Kier molecular flexibility index (Phi) is 3.93. The topological polar surface area (TPSA) is 82.5 Å². The predicted octanol–water partition coefficient (Wildman–Crippen LogP) is 2.07. The summed E-state index contributed by atoms with van der Waals surface area (Å²) in [6.45, 7) is 2.05. The van der Waals surface area contributed by atoms with E-state index in [0.717, 1.165) is 12.0 Å². The molecule has 5 nitrogen and oxygen atoms in total. The molecule has 2 rings (SSSR count). The first kappa shape index (κ1) is 13.5. The molecule has 0 saturated carbocycles. The molecule has 0 saturated heterocycles. The molecule has 0 bridgehead atoms. The smallest absolute Gasteiger partial charge is 0.182 e. The normalized spacial score (nSPS) is 9.75. The van der Waals surface area contributed by atoms with Crippen molar-refractivity contribution in [2.45, 2.75) is 19.9 Å². The number of nitrogens with zero attached hydrogens (tertiary/aromatic N) is 4. The highest BCUT2D eigenvalue weighted by atomic mass is 16.1. The summed E-state index contributed by atoms with van der Waals surface area (Å²) in [6, 6.07) is 11.1. The average molecular weight is 264 g/mol. The third-order valence-corrected chi connectivity index (χ3v) is 3.05. The van der Waals surface area contributed by atoms with Crippen LogP contribution in [0.4, 0.5) is 0 Å². The van der Waals surface area contributed by atoms with Crippen LogP contribution in [-0.2, 0) is 13.0 Å². The van der Waals surface area contributed by atoms with Gasteiger partial charge in [-0.3, -0.25) is 4.79 Å². The number of carbonyl (C=O) groups excluding carboxylic acids is 1. The zero-order valence-corrected chi connectivity index (χ0v) is 11.0. The van der Waals surface area contributed by atoms with Gasteiger partial charge in [0.05, 0.1) is 12.9 Å². The van der Waals surface area contributed by atoms with Gasteiger partial charge >= 0.3 is 0 Å². The van der Waals surface area contributed by atoms with Crippen LogP contribution in [0.5, 0.6) is 0 Å². The molecular weight excluding hydrogens is 252 g/mol. The van der Waals surface area contributed by atoms with Gasteiger partial charge in [-0.15, -0.1) is 0 Å². The van der Waals surface area contributed by atoms with Crippen LogP contribution in [0.3, 0.4) is 0 Å². The fourth-order valence-corrected chi connectivity index (χ4v) is 1.87. The van der Waals surface area contributed by atoms with Gasteiger partial charge in [0, 0.05) is 5.56 Å². The molecule has 1 aromatic carbocycles. The fraction of sp³-hybridized carbons (Fsp3) is 0.200. The lowest BCUT2D eigenvalue weighted by atomic mass is 10.1. The quantitative estimate of drug-likeness (QED) is 0.791. The molecule has 0 aliphatic carbocycles. The molecule has 0 aliphatic rings. The maximum atomic E-state index is 12.1. The van der Waals surface area contributed by atoms with Crippen LogP contribution in [0, 0.1) is 22.7 Å². The van der Waals surface area contributed by atoms with E-state index >= 15 is 0 Å². The standard InChI is InChI=1S/C15H12N4O/c1-2-11-3-5-12(6-4-11)15(20)9-19-10-18-13(7-16)14(19)8-17/h3-6,10H,2,9H2,1H3. The zero-order chi connectivity index (χ0) is 14.5. The first-order valence-corrected chi connectivity index (χ1v) is 6.17. The number of Topliss-reactive ketones (excluding diaryl/α,β-unsaturated/α-hetero) is 1. The van der Waals surface area contributed by atoms with E-state index in [9.17, 15) is 4.79 Å². The first-order chi connectivity index (χ1) is 9.69. The lowest BCUT2D eigenvalue weighted by Gasteiger charge is -2.04. The largest absolute Gasteiger partial charge is 0.313 e. The highest BCUT2D eigenvalue weighted by molar-refractivity contribution is 5.96. The molecule has 0 amide bonds. The summed E-state index contributed by atoms with van der Waals surface area (Å²) in [5.41, 5.74) is 1.90. The molecule has 0 atom stereocenters. The van der Waals surface area contributed by atoms with Gasteiger partial charge in [0.1, 0.15) is 12.1 Å². The van der Waals surface area contributed by atoms with Crippen molar-refractivity contribution in [1.82, 2.24) is 9.55 Å². The number of aryl methyl sites for hydroxylation is 1. The van der Waals surface area contributed by atoms with Gasteiger partial charge in [-0.1, -0.05) is 31.2 Å². The first-order valence-electron chi connectivity index (χ1n) is 6.17. The summed E-state index contributed by atoms with van der Waals surface area (Å²) in [5.74, 6) is -0.119. The third kappa shape index (κ3) is 2.57. The van der Waals surface area contributed by atoms with Crippen molar-refractivity contribution in [2.24, 2.45) is 0 Å². The lowest BCUT2D eigenvalue weighted by molar-refractivity contribution is 0.0972. The van der Waals surface area contributed by atoms with Crippen molar-refractivity contribution in [3.63, 3.8) is 0 Å². The van der Waals surface area contributed by atoms with E-state index in [1.807, 2.05) is 31.2 Å². The van der Waals surface area contributed by atoms with Gasteiger partial charge in [0.15, 0.2) is 17.2 Å². The average Bonchev–Trinajstić information content (AvgIpc) is 2.89. The van der Waals surface area contributed by atoms with Crippen LogP contribution in [0.2, 0.25) is 0 Å². The Morgan fingerprint density at radius 3 is 2.50 bits per heavy atom. The van der Waals surface area contributed by atoms with E-state index in [1.165, 1.54) is 10.9 Å². The minimum atomic E-state index is -0.119. The zero-order valence-electron chi connectivity index (χ0n) is 11.0. The number of imidazole rings is 1. The minimum absolute atomic E-state index is 0.00302. The number of carbonyl (C=O) groups is 1. The van der Waals surface area contributed by atoms with E-state index < -0.39 is 0 Å². The number of benzene rings is 1. The highest BCUT2D eigenvalue weighted by Gasteiger charge is 2.13. The van der Waals surface area contributed by atoms with Crippen molar-refractivity contribution in [3.05, 3.63) is 53.1 Å².